The number of nitrogens with two attached hydrogens (primary N) is 1. The lowest BCUT2D eigenvalue weighted by molar-refractivity contribution is 0.602. The predicted molar refractivity (Wildman–Crippen MR) is 43.8 cm³/mol. The zero-order valence-corrected chi connectivity index (χ0v) is 7.30. The molecule has 0 bridgehead atoms. The average molecular weight is 209 g/mol. The smallest absolute Gasteiger partial charge is 0.239 e. The van der Waals surface area contributed by atoms with Crippen molar-refractivity contribution in [3.8, 4) is 0 Å². The van der Waals surface area contributed by atoms with Gasteiger partial charge in [0, 0.05) is 6.20 Å². The van der Waals surface area contributed by atoms with E-state index >= 15 is 0 Å². The van der Waals surface area contributed by atoms with Gasteiger partial charge in [0.25, 0.3) is 10.2 Å². The Labute approximate surface area is 74.0 Å². The maximum atomic E-state index is 10.5. The van der Waals surface area contributed by atoms with Crippen LogP contribution in [0.1, 0.15) is 0 Å². The lowest BCUT2D eigenvalue weighted by Crippen LogP contribution is -2.22. The van der Waals surface area contributed by atoms with E-state index in [-0.39, 0.29) is 11.1 Å². The van der Waals surface area contributed by atoms with Gasteiger partial charge in [0.2, 0.25) is 5.95 Å². The molecule has 66 valence electrons. The second kappa shape index (κ2) is 3.21. The highest BCUT2D eigenvalue weighted by atomic mass is 35.5. The topological polar surface area (TPSA) is 98.0 Å². The summed E-state index contributed by atoms with van der Waals surface area (Å²) in [4.78, 5) is 7.10. The van der Waals surface area contributed by atoms with Crippen molar-refractivity contribution in [3.05, 3.63) is 17.4 Å². The van der Waals surface area contributed by atoms with Gasteiger partial charge in [0.15, 0.2) is 0 Å². The minimum Gasteiger partial charge on any atom is -0.239 e. The molecule has 0 aliphatic rings. The van der Waals surface area contributed by atoms with E-state index < -0.39 is 10.2 Å². The molecule has 0 fully saturated rings. The van der Waals surface area contributed by atoms with Crippen molar-refractivity contribution in [2.75, 3.05) is 4.72 Å². The summed E-state index contributed by atoms with van der Waals surface area (Å²) < 4.78 is 22.8. The molecule has 1 heterocycles. The highest BCUT2D eigenvalue weighted by Gasteiger charge is 2.03. The van der Waals surface area contributed by atoms with Gasteiger partial charge in [-0.1, -0.05) is 11.6 Å². The summed E-state index contributed by atoms with van der Waals surface area (Å²) in [5, 5.41) is 4.79. The molecule has 0 atom stereocenters. The Bertz CT molecular complexity index is 378. The molecule has 0 aromatic carbocycles. The first-order chi connectivity index (χ1) is 5.47. The first-order valence-electron chi connectivity index (χ1n) is 2.76. The highest BCUT2D eigenvalue weighted by Crippen LogP contribution is 2.05. The number of rotatable bonds is 2. The normalized spacial score (nSPS) is 11.2. The van der Waals surface area contributed by atoms with Crippen molar-refractivity contribution in [2.45, 2.75) is 0 Å². The third kappa shape index (κ3) is 2.99. The van der Waals surface area contributed by atoms with Crippen LogP contribution in [0, 0.1) is 0 Å². The fraction of sp³-hybridized carbons (Fsp3) is 0. The van der Waals surface area contributed by atoms with Gasteiger partial charge < -0.3 is 0 Å². The number of anilines is 1. The molecule has 0 amide bonds. The van der Waals surface area contributed by atoms with Gasteiger partial charge >= 0.3 is 0 Å². The number of nitrogens with one attached hydrogen (secondary N) is 1. The molecule has 0 radical (unpaired) electrons. The van der Waals surface area contributed by atoms with Crippen LogP contribution in [0.3, 0.4) is 0 Å². The standard InChI is InChI=1S/C4H5ClN4O2S/c5-3-1-2-7-4(8-3)9-12(6,10)11/h1-2H,(H2,6,10,11)(H,7,8,9). The molecule has 6 nitrogen and oxygen atoms in total. The van der Waals surface area contributed by atoms with Crippen LogP contribution < -0.4 is 9.86 Å². The third-order valence-electron chi connectivity index (χ3n) is 0.855. The van der Waals surface area contributed by atoms with Gasteiger partial charge in [0.05, 0.1) is 0 Å². The van der Waals surface area contributed by atoms with Gasteiger partial charge in [0.1, 0.15) is 5.15 Å². The Balaban J connectivity index is 2.91. The monoisotopic (exact) mass is 208 g/mol. The fourth-order valence-electron chi connectivity index (χ4n) is 0.513. The van der Waals surface area contributed by atoms with Gasteiger partial charge in [-0.2, -0.15) is 8.42 Å². The summed E-state index contributed by atoms with van der Waals surface area (Å²) in [7, 11) is -3.83. The Morgan fingerprint density at radius 1 is 1.58 bits per heavy atom. The fourth-order valence-corrected chi connectivity index (χ4v) is 1.00. The molecule has 3 N–H and O–H groups in total. The molecule has 0 aliphatic carbocycles. The molecule has 0 spiro atoms. The first-order valence-corrected chi connectivity index (χ1v) is 4.69. The lowest BCUT2D eigenvalue weighted by atomic mass is 10.7. The van der Waals surface area contributed by atoms with Crippen LogP contribution in [0.25, 0.3) is 0 Å². The second-order valence-corrected chi connectivity index (χ2v) is 3.53. The van der Waals surface area contributed by atoms with E-state index in [0.29, 0.717) is 0 Å². The van der Waals surface area contributed by atoms with Gasteiger partial charge in [-0.15, -0.1) is 0 Å². The van der Waals surface area contributed by atoms with Crippen molar-refractivity contribution < 1.29 is 8.42 Å². The Hall–Kier alpha value is -0.920. The Morgan fingerprint density at radius 2 is 2.25 bits per heavy atom. The van der Waals surface area contributed by atoms with Gasteiger partial charge in [-0.05, 0) is 6.07 Å². The van der Waals surface area contributed by atoms with E-state index in [4.69, 9.17) is 11.6 Å². The molecule has 1 rings (SSSR count). The predicted octanol–water partition coefficient (Wildman–Crippen LogP) is -0.255. The highest BCUT2D eigenvalue weighted by molar-refractivity contribution is 7.90. The van der Waals surface area contributed by atoms with Crippen LogP contribution in [-0.2, 0) is 10.2 Å². The maximum absolute atomic E-state index is 10.5. The third-order valence-corrected chi connectivity index (χ3v) is 1.53. The van der Waals surface area contributed by atoms with Crippen LogP contribution in [0.2, 0.25) is 5.15 Å². The largest absolute Gasteiger partial charge is 0.298 e. The van der Waals surface area contributed by atoms with E-state index in [2.05, 4.69) is 15.1 Å². The van der Waals surface area contributed by atoms with E-state index in [1.165, 1.54) is 12.3 Å². The molecule has 1 aromatic heterocycles. The summed E-state index contributed by atoms with van der Waals surface area (Å²) in [5.41, 5.74) is 0. The summed E-state index contributed by atoms with van der Waals surface area (Å²) in [6.07, 6.45) is 1.31. The van der Waals surface area contributed by atoms with E-state index in [1.807, 2.05) is 4.72 Å². The first kappa shape index (κ1) is 9.17. The SMILES string of the molecule is NS(=O)(=O)Nc1nccc(Cl)n1. The molecule has 0 unspecified atom stereocenters. The summed E-state index contributed by atoms with van der Waals surface area (Å²) in [6.45, 7) is 0. The van der Waals surface area contributed by atoms with E-state index in [9.17, 15) is 8.42 Å². The van der Waals surface area contributed by atoms with Crippen LogP contribution in [-0.4, -0.2) is 18.4 Å². The molecule has 0 aliphatic heterocycles. The van der Waals surface area contributed by atoms with Crippen molar-refractivity contribution in [1.29, 1.82) is 0 Å². The minimum atomic E-state index is -3.83. The molecule has 0 saturated heterocycles. The van der Waals surface area contributed by atoms with Crippen LogP contribution >= 0.6 is 11.6 Å². The number of hydrogen-bond donors (Lipinski definition) is 2. The maximum Gasteiger partial charge on any atom is 0.298 e. The van der Waals surface area contributed by atoms with Crippen molar-refractivity contribution in [3.63, 3.8) is 0 Å². The van der Waals surface area contributed by atoms with Crippen molar-refractivity contribution in [1.82, 2.24) is 9.97 Å². The average Bonchev–Trinajstić information content (AvgIpc) is 1.82. The zero-order chi connectivity index (χ0) is 9.19. The van der Waals surface area contributed by atoms with E-state index in [0.717, 1.165) is 0 Å². The van der Waals surface area contributed by atoms with Crippen LogP contribution in [0.15, 0.2) is 12.3 Å². The molecule has 0 saturated carbocycles. The van der Waals surface area contributed by atoms with E-state index in [1.54, 1.807) is 0 Å². The Kier molecular flexibility index (Phi) is 2.46. The Morgan fingerprint density at radius 3 is 2.75 bits per heavy atom. The van der Waals surface area contributed by atoms with Crippen LogP contribution in [0.5, 0.6) is 0 Å². The number of halogens is 1. The quantitative estimate of drug-likeness (QED) is 0.655. The summed E-state index contributed by atoms with van der Waals surface area (Å²) in [6, 6.07) is 1.41. The molecule has 1 aromatic rings. The number of hydrogen-bond acceptors (Lipinski definition) is 4. The molecular formula is C4H5ClN4O2S. The van der Waals surface area contributed by atoms with Crippen molar-refractivity contribution >= 4 is 27.8 Å². The lowest BCUT2D eigenvalue weighted by Gasteiger charge is -1.99. The summed E-state index contributed by atoms with van der Waals surface area (Å²) >= 11 is 5.45. The summed E-state index contributed by atoms with van der Waals surface area (Å²) in [5.74, 6) is -0.148. The van der Waals surface area contributed by atoms with Gasteiger partial charge in [-0.25, -0.2) is 19.8 Å². The van der Waals surface area contributed by atoms with Crippen molar-refractivity contribution in [2.24, 2.45) is 5.14 Å². The minimum absolute atomic E-state index is 0.135. The second-order valence-electron chi connectivity index (χ2n) is 1.85. The van der Waals surface area contributed by atoms with Gasteiger partial charge in [-0.3, -0.25) is 0 Å². The zero-order valence-electron chi connectivity index (χ0n) is 5.73. The number of aromatic nitrogens is 2. The molecular weight excluding hydrogens is 204 g/mol. The molecule has 12 heavy (non-hydrogen) atoms. The molecule has 8 heteroatoms. The van der Waals surface area contributed by atoms with Crippen LogP contribution in [0.4, 0.5) is 5.95 Å². The number of nitrogens with zero attached hydrogens (tertiary/aromatic N) is 2.